The van der Waals surface area contributed by atoms with Crippen molar-refractivity contribution in [2.75, 3.05) is 13.1 Å². The Hall–Kier alpha value is -1.49. The maximum atomic E-state index is 12.1. The number of ketones is 1. The first kappa shape index (κ1) is 16.9. The molecule has 5 heteroatoms. The summed E-state index contributed by atoms with van der Waals surface area (Å²) in [7, 11) is 0. The zero-order valence-corrected chi connectivity index (χ0v) is 14.4. The quantitative estimate of drug-likeness (QED) is 0.834. The summed E-state index contributed by atoms with van der Waals surface area (Å²) in [6, 6.07) is 8.09. The van der Waals surface area contributed by atoms with Gasteiger partial charge in [-0.15, -0.1) is 11.8 Å². The molecular formula is C17H23NO3S. The molecule has 22 heavy (non-hydrogen) atoms. The second kappa shape index (κ2) is 6.73. The third-order valence-electron chi connectivity index (χ3n) is 3.32. The summed E-state index contributed by atoms with van der Waals surface area (Å²) >= 11 is 1.52. The average Bonchev–Trinajstić information content (AvgIpc) is 2.41. The van der Waals surface area contributed by atoms with Crippen molar-refractivity contribution in [3.63, 3.8) is 0 Å². The minimum Gasteiger partial charge on any atom is -0.444 e. The van der Waals surface area contributed by atoms with Gasteiger partial charge in [0.05, 0.1) is 5.25 Å². The number of rotatable bonds is 2. The molecule has 120 valence electrons. The van der Waals surface area contributed by atoms with Crippen LogP contribution in [0.25, 0.3) is 0 Å². The van der Waals surface area contributed by atoms with Crippen LogP contribution >= 0.6 is 11.8 Å². The molecule has 1 fully saturated rings. The van der Waals surface area contributed by atoms with Crippen LogP contribution in [0.3, 0.4) is 0 Å². The summed E-state index contributed by atoms with van der Waals surface area (Å²) in [5.74, 6) is 0.199. The van der Waals surface area contributed by atoms with Gasteiger partial charge < -0.3 is 9.64 Å². The third-order valence-corrected chi connectivity index (χ3v) is 4.57. The monoisotopic (exact) mass is 321 g/mol. The molecule has 1 aromatic rings. The SMILES string of the molecule is Cc1ccc(S[C@H]2CN(C(=O)OC(C)(C)C)CCC2=O)cc1. The molecule has 1 atom stereocenters. The van der Waals surface area contributed by atoms with Crippen molar-refractivity contribution in [2.24, 2.45) is 0 Å². The topological polar surface area (TPSA) is 46.6 Å². The smallest absolute Gasteiger partial charge is 0.410 e. The zero-order valence-electron chi connectivity index (χ0n) is 13.6. The summed E-state index contributed by atoms with van der Waals surface area (Å²) in [5, 5.41) is -0.219. The number of Topliss-reactive ketones (excluding diaryl/α,β-unsaturated/α-hetero) is 1. The summed E-state index contributed by atoms with van der Waals surface area (Å²) < 4.78 is 5.39. The molecule has 1 aromatic carbocycles. The predicted octanol–water partition coefficient (Wildman–Crippen LogP) is 3.67. The fourth-order valence-corrected chi connectivity index (χ4v) is 3.30. The van der Waals surface area contributed by atoms with Crippen molar-refractivity contribution < 1.29 is 14.3 Å². The second-order valence-electron chi connectivity index (χ2n) is 6.56. The largest absolute Gasteiger partial charge is 0.444 e. The van der Waals surface area contributed by atoms with Gasteiger partial charge in [0.2, 0.25) is 0 Å². The molecule has 0 aromatic heterocycles. The summed E-state index contributed by atoms with van der Waals surface area (Å²) in [5.41, 5.74) is 0.674. The Morgan fingerprint density at radius 3 is 2.50 bits per heavy atom. The van der Waals surface area contributed by atoms with Crippen molar-refractivity contribution in [2.45, 2.75) is 49.9 Å². The lowest BCUT2D eigenvalue weighted by atomic mass is 10.1. The van der Waals surface area contributed by atoms with E-state index < -0.39 is 5.60 Å². The molecule has 0 bridgehead atoms. The fraction of sp³-hybridized carbons (Fsp3) is 0.529. The van der Waals surface area contributed by atoms with E-state index in [-0.39, 0.29) is 17.1 Å². The van der Waals surface area contributed by atoms with Crippen LogP contribution < -0.4 is 0 Å². The molecule has 2 rings (SSSR count). The molecule has 0 aliphatic carbocycles. The van der Waals surface area contributed by atoms with Crippen LogP contribution in [0.2, 0.25) is 0 Å². The minimum absolute atomic E-state index is 0.199. The number of piperidine rings is 1. The lowest BCUT2D eigenvalue weighted by Crippen LogP contribution is -2.47. The summed E-state index contributed by atoms with van der Waals surface area (Å²) in [4.78, 5) is 27.0. The molecule has 1 aliphatic heterocycles. The zero-order chi connectivity index (χ0) is 16.3. The van der Waals surface area contributed by atoms with Gasteiger partial charge in [0, 0.05) is 24.4 Å². The normalized spacial score (nSPS) is 19.2. The highest BCUT2D eigenvalue weighted by Crippen LogP contribution is 2.28. The van der Waals surface area contributed by atoms with E-state index in [0.29, 0.717) is 19.5 Å². The molecule has 1 heterocycles. The number of aryl methyl sites for hydroxylation is 1. The second-order valence-corrected chi connectivity index (χ2v) is 7.84. The van der Waals surface area contributed by atoms with Gasteiger partial charge in [-0.1, -0.05) is 17.7 Å². The van der Waals surface area contributed by atoms with E-state index in [1.165, 1.54) is 17.3 Å². The highest BCUT2D eigenvalue weighted by atomic mass is 32.2. The van der Waals surface area contributed by atoms with Gasteiger partial charge in [-0.2, -0.15) is 0 Å². The van der Waals surface area contributed by atoms with Gasteiger partial charge in [-0.3, -0.25) is 4.79 Å². The number of nitrogens with zero attached hydrogens (tertiary/aromatic N) is 1. The van der Waals surface area contributed by atoms with Crippen LogP contribution in [0.5, 0.6) is 0 Å². The van der Waals surface area contributed by atoms with E-state index in [1.54, 1.807) is 4.90 Å². The van der Waals surface area contributed by atoms with Crippen molar-refractivity contribution in [3.8, 4) is 0 Å². The lowest BCUT2D eigenvalue weighted by molar-refractivity contribution is -0.120. The molecule has 1 aliphatic rings. The van der Waals surface area contributed by atoms with E-state index in [0.717, 1.165) is 4.90 Å². The molecule has 0 saturated carbocycles. The van der Waals surface area contributed by atoms with Crippen LogP contribution in [0.15, 0.2) is 29.2 Å². The van der Waals surface area contributed by atoms with Crippen LogP contribution in [0.4, 0.5) is 4.79 Å². The van der Waals surface area contributed by atoms with Gasteiger partial charge in [0.1, 0.15) is 11.4 Å². The van der Waals surface area contributed by atoms with Gasteiger partial charge in [-0.05, 0) is 39.8 Å². The number of likely N-dealkylation sites (tertiary alicyclic amines) is 1. The van der Waals surface area contributed by atoms with Crippen LogP contribution in [-0.4, -0.2) is 40.7 Å². The Morgan fingerprint density at radius 2 is 1.91 bits per heavy atom. The molecule has 1 amide bonds. The maximum Gasteiger partial charge on any atom is 0.410 e. The Labute approximate surface area is 136 Å². The Bertz CT molecular complexity index is 548. The number of hydrogen-bond donors (Lipinski definition) is 0. The molecular weight excluding hydrogens is 298 g/mol. The van der Waals surface area contributed by atoms with E-state index in [1.807, 2.05) is 52.0 Å². The number of amides is 1. The van der Waals surface area contributed by atoms with Gasteiger partial charge in [0.25, 0.3) is 0 Å². The maximum absolute atomic E-state index is 12.1. The Kier molecular flexibility index (Phi) is 5.16. The number of hydrogen-bond acceptors (Lipinski definition) is 4. The molecule has 4 nitrogen and oxygen atoms in total. The van der Waals surface area contributed by atoms with E-state index in [2.05, 4.69) is 0 Å². The third kappa shape index (κ3) is 4.77. The standard InChI is InChI=1S/C17H23NO3S/c1-12-5-7-13(8-6-12)22-15-11-18(10-9-14(15)19)16(20)21-17(2,3)4/h5-8,15H,9-11H2,1-4H3/t15-/m0/s1. The van der Waals surface area contributed by atoms with Crippen molar-refractivity contribution in [1.82, 2.24) is 4.90 Å². The lowest BCUT2D eigenvalue weighted by Gasteiger charge is -2.33. The molecule has 0 unspecified atom stereocenters. The molecule has 0 spiro atoms. The first-order valence-corrected chi connectivity index (χ1v) is 8.36. The van der Waals surface area contributed by atoms with Crippen molar-refractivity contribution >= 4 is 23.6 Å². The average molecular weight is 321 g/mol. The van der Waals surface area contributed by atoms with Gasteiger partial charge in [-0.25, -0.2) is 4.79 Å². The van der Waals surface area contributed by atoms with Crippen molar-refractivity contribution in [1.29, 1.82) is 0 Å². The Balaban J connectivity index is 2.00. The highest BCUT2D eigenvalue weighted by molar-refractivity contribution is 8.00. The van der Waals surface area contributed by atoms with E-state index >= 15 is 0 Å². The number of carbonyl (C=O) groups excluding carboxylic acids is 2. The fourth-order valence-electron chi connectivity index (χ4n) is 2.18. The van der Waals surface area contributed by atoms with E-state index in [4.69, 9.17) is 4.74 Å². The summed E-state index contributed by atoms with van der Waals surface area (Å²) in [6.45, 7) is 8.42. The highest BCUT2D eigenvalue weighted by Gasteiger charge is 2.32. The van der Waals surface area contributed by atoms with Crippen LogP contribution in [0.1, 0.15) is 32.8 Å². The first-order valence-electron chi connectivity index (χ1n) is 7.48. The van der Waals surface area contributed by atoms with Crippen LogP contribution in [0, 0.1) is 6.92 Å². The molecule has 1 saturated heterocycles. The van der Waals surface area contributed by atoms with Gasteiger partial charge >= 0.3 is 6.09 Å². The Morgan fingerprint density at radius 1 is 1.27 bits per heavy atom. The van der Waals surface area contributed by atoms with E-state index in [9.17, 15) is 9.59 Å². The first-order chi connectivity index (χ1) is 10.2. The molecule has 0 radical (unpaired) electrons. The number of thioether (sulfide) groups is 1. The number of ether oxygens (including phenoxy) is 1. The summed E-state index contributed by atoms with van der Waals surface area (Å²) in [6.07, 6.45) is 0.0532. The predicted molar refractivity (Wildman–Crippen MR) is 88.3 cm³/mol. The molecule has 0 N–H and O–H groups in total. The number of carbonyl (C=O) groups is 2. The number of benzene rings is 1. The van der Waals surface area contributed by atoms with Crippen LogP contribution in [-0.2, 0) is 9.53 Å². The minimum atomic E-state index is -0.516. The van der Waals surface area contributed by atoms with Gasteiger partial charge in [0.15, 0.2) is 0 Å². The van der Waals surface area contributed by atoms with Crippen molar-refractivity contribution in [3.05, 3.63) is 29.8 Å².